The van der Waals surface area contributed by atoms with E-state index in [9.17, 15) is 9.59 Å². The maximum atomic E-state index is 12.6. The summed E-state index contributed by atoms with van der Waals surface area (Å²) in [6.45, 7) is 0.155. The van der Waals surface area contributed by atoms with Crippen molar-refractivity contribution in [1.29, 1.82) is 5.41 Å². The number of methoxy groups -OCH3 is 2. The van der Waals surface area contributed by atoms with Gasteiger partial charge in [0.25, 0.3) is 5.91 Å². The van der Waals surface area contributed by atoms with Crippen molar-refractivity contribution in [2.45, 2.75) is 6.42 Å². The Labute approximate surface area is 173 Å². The first-order valence-electron chi connectivity index (χ1n) is 9.20. The Morgan fingerprint density at radius 2 is 1.90 bits per heavy atom. The predicted octanol–water partition coefficient (Wildman–Crippen LogP) is 1.83. The Morgan fingerprint density at radius 1 is 1.20 bits per heavy atom. The highest BCUT2D eigenvalue weighted by Crippen LogP contribution is 2.29. The minimum atomic E-state index is -0.400. The van der Waals surface area contributed by atoms with Gasteiger partial charge < -0.3 is 25.1 Å². The van der Waals surface area contributed by atoms with E-state index in [0.29, 0.717) is 28.2 Å². The van der Waals surface area contributed by atoms with E-state index in [1.54, 1.807) is 24.3 Å². The minimum absolute atomic E-state index is 0.000795. The lowest BCUT2D eigenvalue weighted by atomic mass is 10.1. The van der Waals surface area contributed by atoms with Crippen LogP contribution in [0, 0.1) is 5.41 Å². The fourth-order valence-corrected chi connectivity index (χ4v) is 3.10. The Bertz CT molecular complexity index is 1120. The van der Waals surface area contributed by atoms with Gasteiger partial charge >= 0.3 is 5.97 Å². The summed E-state index contributed by atoms with van der Waals surface area (Å²) in [4.78, 5) is 28.5. The average Bonchev–Trinajstić information content (AvgIpc) is 3.08. The van der Waals surface area contributed by atoms with E-state index in [4.69, 9.17) is 15.9 Å². The van der Waals surface area contributed by atoms with Crippen LogP contribution in [0.3, 0.4) is 0 Å². The fourth-order valence-electron chi connectivity index (χ4n) is 3.10. The number of aromatic nitrogens is 2. The number of carbonyl (C=O) groups is 2. The fraction of sp³-hybridized carbons (Fsp3) is 0.238. The highest BCUT2D eigenvalue weighted by atomic mass is 16.5. The second kappa shape index (κ2) is 8.64. The van der Waals surface area contributed by atoms with Crippen molar-refractivity contribution in [3.05, 3.63) is 47.5 Å². The molecule has 0 fully saturated rings. The van der Waals surface area contributed by atoms with Gasteiger partial charge in [-0.3, -0.25) is 15.0 Å². The van der Waals surface area contributed by atoms with Crippen molar-refractivity contribution in [2.75, 3.05) is 20.8 Å². The molecule has 0 saturated carbocycles. The number of nitrogens with zero attached hydrogens (tertiary/aromatic N) is 2. The molecule has 0 unspecified atom stereocenters. The molecule has 0 atom stereocenters. The van der Waals surface area contributed by atoms with Gasteiger partial charge in [0.2, 0.25) is 0 Å². The molecule has 3 aromatic rings. The van der Waals surface area contributed by atoms with E-state index in [1.165, 1.54) is 14.2 Å². The van der Waals surface area contributed by atoms with Gasteiger partial charge in [-0.2, -0.15) is 0 Å². The third-order valence-corrected chi connectivity index (χ3v) is 4.74. The van der Waals surface area contributed by atoms with Crippen LogP contribution in [0.25, 0.3) is 22.4 Å². The Hall–Kier alpha value is -3.88. The van der Waals surface area contributed by atoms with Crippen molar-refractivity contribution in [3.63, 3.8) is 0 Å². The molecule has 9 heteroatoms. The minimum Gasteiger partial charge on any atom is -0.496 e. The van der Waals surface area contributed by atoms with Crippen molar-refractivity contribution in [2.24, 2.45) is 12.8 Å². The Kier molecular flexibility index (Phi) is 6.01. The summed E-state index contributed by atoms with van der Waals surface area (Å²) in [5.41, 5.74) is 8.74. The molecule has 0 saturated heterocycles. The SMILES string of the molecule is COC(=O)CCNC(=O)c1cc2nc(-c3ccc(C(=N)N)cc3)n(C)c2cc1OC. The summed E-state index contributed by atoms with van der Waals surface area (Å²) in [6.07, 6.45) is 0.0802. The lowest BCUT2D eigenvalue weighted by molar-refractivity contribution is -0.140. The highest BCUT2D eigenvalue weighted by molar-refractivity contribution is 6.01. The maximum Gasteiger partial charge on any atom is 0.307 e. The number of nitrogens with one attached hydrogen (secondary N) is 2. The molecule has 156 valence electrons. The standard InChI is InChI=1S/C21H23N5O4/c1-26-16-11-17(29-2)14(21(28)24-9-8-18(27)30-3)10-15(16)25-20(26)13-6-4-12(5-7-13)19(22)23/h4-7,10-11H,8-9H2,1-3H3,(H3,22,23)(H,24,28). The molecule has 1 aromatic heterocycles. The molecule has 9 nitrogen and oxygen atoms in total. The lowest BCUT2D eigenvalue weighted by Crippen LogP contribution is -2.26. The van der Waals surface area contributed by atoms with Crippen LogP contribution in [0.1, 0.15) is 22.3 Å². The van der Waals surface area contributed by atoms with Gasteiger partial charge in [-0.05, 0) is 6.07 Å². The summed E-state index contributed by atoms with van der Waals surface area (Å²) >= 11 is 0. The van der Waals surface area contributed by atoms with E-state index < -0.39 is 5.97 Å². The van der Waals surface area contributed by atoms with E-state index >= 15 is 0 Å². The number of rotatable bonds is 7. The smallest absolute Gasteiger partial charge is 0.307 e. The van der Waals surface area contributed by atoms with Gasteiger partial charge in [-0.15, -0.1) is 0 Å². The van der Waals surface area contributed by atoms with E-state index in [1.807, 2.05) is 23.7 Å². The van der Waals surface area contributed by atoms with E-state index in [0.717, 1.165) is 11.1 Å². The predicted molar refractivity (Wildman–Crippen MR) is 113 cm³/mol. The molecule has 4 N–H and O–H groups in total. The lowest BCUT2D eigenvalue weighted by Gasteiger charge is -2.10. The molecular weight excluding hydrogens is 386 g/mol. The van der Waals surface area contributed by atoms with Crippen LogP contribution in [-0.4, -0.2) is 48.0 Å². The molecule has 0 radical (unpaired) electrons. The van der Waals surface area contributed by atoms with Crippen molar-refractivity contribution in [1.82, 2.24) is 14.9 Å². The highest BCUT2D eigenvalue weighted by Gasteiger charge is 2.18. The molecule has 0 aliphatic carbocycles. The second-order valence-electron chi connectivity index (χ2n) is 6.61. The van der Waals surface area contributed by atoms with Gasteiger partial charge in [0.05, 0.1) is 37.2 Å². The molecule has 2 aromatic carbocycles. The van der Waals surface area contributed by atoms with Crippen LogP contribution >= 0.6 is 0 Å². The maximum absolute atomic E-state index is 12.6. The van der Waals surface area contributed by atoms with E-state index in [-0.39, 0.29) is 24.7 Å². The van der Waals surface area contributed by atoms with Crippen LogP contribution in [-0.2, 0) is 16.6 Å². The zero-order chi connectivity index (χ0) is 21.8. The van der Waals surface area contributed by atoms with Gasteiger partial charge in [0, 0.05) is 30.8 Å². The number of benzene rings is 2. The topological polar surface area (TPSA) is 132 Å². The van der Waals surface area contributed by atoms with Gasteiger partial charge in [-0.1, -0.05) is 24.3 Å². The van der Waals surface area contributed by atoms with Crippen LogP contribution in [0.2, 0.25) is 0 Å². The first-order chi connectivity index (χ1) is 14.3. The first-order valence-corrected chi connectivity index (χ1v) is 9.20. The first kappa shape index (κ1) is 20.8. The Balaban J connectivity index is 1.95. The number of amides is 1. The summed E-state index contributed by atoms with van der Waals surface area (Å²) in [7, 11) is 4.66. The molecule has 3 rings (SSSR count). The zero-order valence-electron chi connectivity index (χ0n) is 17.0. The molecule has 1 amide bonds. The monoisotopic (exact) mass is 409 g/mol. The van der Waals surface area contributed by atoms with Crippen LogP contribution in [0.4, 0.5) is 0 Å². The third-order valence-electron chi connectivity index (χ3n) is 4.74. The molecular formula is C21H23N5O4. The van der Waals surface area contributed by atoms with Crippen molar-refractivity contribution >= 4 is 28.7 Å². The molecule has 0 aliphatic heterocycles. The Morgan fingerprint density at radius 3 is 2.50 bits per heavy atom. The summed E-state index contributed by atoms with van der Waals surface area (Å²) in [5.74, 6) is 0.336. The number of nitrogens with two attached hydrogens (primary N) is 1. The second-order valence-corrected chi connectivity index (χ2v) is 6.61. The van der Waals surface area contributed by atoms with Crippen LogP contribution in [0.15, 0.2) is 36.4 Å². The normalized spacial score (nSPS) is 10.6. The number of aryl methyl sites for hydroxylation is 1. The van der Waals surface area contributed by atoms with Crippen LogP contribution < -0.4 is 15.8 Å². The number of carbonyl (C=O) groups excluding carboxylic acids is 2. The van der Waals surface area contributed by atoms with Crippen LogP contribution in [0.5, 0.6) is 5.75 Å². The number of amidine groups is 1. The number of fused-ring (bicyclic) bond motifs is 1. The molecule has 0 spiro atoms. The quantitative estimate of drug-likeness (QED) is 0.310. The summed E-state index contributed by atoms with van der Waals surface area (Å²) < 4.78 is 11.9. The third kappa shape index (κ3) is 4.09. The largest absolute Gasteiger partial charge is 0.496 e. The number of esters is 1. The summed E-state index contributed by atoms with van der Waals surface area (Å²) in [6, 6.07) is 10.6. The molecule has 0 aliphatic rings. The van der Waals surface area contributed by atoms with Gasteiger partial charge in [0.1, 0.15) is 17.4 Å². The zero-order valence-corrected chi connectivity index (χ0v) is 17.0. The van der Waals surface area contributed by atoms with E-state index in [2.05, 4.69) is 15.0 Å². The number of ether oxygens (including phenoxy) is 2. The van der Waals surface area contributed by atoms with Crippen molar-refractivity contribution < 1.29 is 19.1 Å². The molecule has 1 heterocycles. The molecule has 30 heavy (non-hydrogen) atoms. The van der Waals surface area contributed by atoms with Gasteiger partial charge in [0.15, 0.2) is 0 Å². The van der Waals surface area contributed by atoms with Gasteiger partial charge in [-0.25, -0.2) is 4.98 Å². The number of hydrogen-bond acceptors (Lipinski definition) is 6. The number of hydrogen-bond donors (Lipinski definition) is 3. The molecule has 0 bridgehead atoms. The number of nitrogen functional groups attached to an aromatic ring is 1. The van der Waals surface area contributed by atoms with Crippen molar-refractivity contribution in [3.8, 4) is 17.1 Å². The summed E-state index contributed by atoms with van der Waals surface area (Å²) in [5, 5.41) is 10.2. The number of imidazole rings is 1. The average molecular weight is 409 g/mol.